The van der Waals surface area contributed by atoms with Crippen LogP contribution in [0.5, 0.6) is 0 Å². The van der Waals surface area contributed by atoms with Crippen molar-refractivity contribution in [3.8, 4) is 22.4 Å². The monoisotopic (exact) mass is 335 g/mol. The highest BCUT2D eigenvalue weighted by Gasteiger charge is 2.05. The zero-order valence-corrected chi connectivity index (χ0v) is 16.9. The summed E-state index contributed by atoms with van der Waals surface area (Å²) in [5.41, 5.74) is 5.93. The van der Waals surface area contributed by atoms with Crippen molar-refractivity contribution in [3.05, 3.63) is 78.5 Å². The molecule has 3 rings (SSSR count). The van der Waals surface area contributed by atoms with Crippen molar-refractivity contribution in [1.29, 1.82) is 0 Å². The first-order valence-electron chi connectivity index (χ1n) is 9.42. The van der Waals surface area contributed by atoms with Gasteiger partial charge in [-0.05, 0) is 41.8 Å². The van der Waals surface area contributed by atoms with E-state index in [0.29, 0.717) is 0 Å². The highest BCUT2D eigenvalue weighted by Crippen LogP contribution is 2.27. The molecule has 1 aromatic heterocycles. The Morgan fingerprint density at radius 3 is 1.76 bits per heavy atom. The third kappa shape index (κ3) is 6.93. The van der Waals surface area contributed by atoms with Gasteiger partial charge in [-0.1, -0.05) is 90.1 Å². The maximum atomic E-state index is 4.44. The predicted octanol–water partition coefficient (Wildman–Crippen LogP) is 7.80. The number of nitrogens with zero attached hydrogens (tertiary/aromatic N) is 1. The lowest BCUT2D eigenvalue weighted by molar-refractivity contribution is 1.31. The van der Waals surface area contributed by atoms with Crippen molar-refractivity contribution in [1.82, 2.24) is 4.98 Å². The number of benzene rings is 2. The average Bonchev–Trinajstić information content (AvgIpc) is 2.74. The van der Waals surface area contributed by atoms with Crippen molar-refractivity contribution >= 4 is 0 Å². The zero-order chi connectivity index (χ0) is 19.1. The lowest BCUT2D eigenvalue weighted by Gasteiger charge is -2.08. The summed E-state index contributed by atoms with van der Waals surface area (Å²) in [6.07, 6.45) is 1.84. The van der Waals surface area contributed by atoms with Gasteiger partial charge in [0.2, 0.25) is 0 Å². The Balaban J connectivity index is 0.000000871. The zero-order valence-electron chi connectivity index (χ0n) is 16.9. The molecule has 25 heavy (non-hydrogen) atoms. The summed E-state index contributed by atoms with van der Waals surface area (Å²) >= 11 is 0. The Kier molecular flexibility index (Phi) is 12.6. The van der Waals surface area contributed by atoms with Crippen molar-refractivity contribution in [2.45, 2.75) is 48.5 Å². The van der Waals surface area contributed by atoms with Crippen LogP contribution in [0.1, 0.15) is 47.1 Å². The van der Waals surface area contributed by atoms with Gasteiger partial charge in [-0.3, -0.25) is 4.98 Å². The van der Waals surface area contributed by atoms with E-state index in [2.05, 4.69) is 60.4 Å². The highest BCUT2D eigenvalue weighted by molar-refractivity contribution is 5.73. The van der Waals surface area contributed by atoms with Crippen molar-refractivity contribution in [2.75, 3.05) is 0 Å². The Labute approximate surface area is 154 Å². The first kappa shape index (κ1) is 22.6. The normalized spacial score (nSPS) is 8.60. The van der Waals surface area contributed by atoms with Crippen molar-refractivity contribution < 1.29 is 0 Å². The third-order valence-electron chi connectivity index (χ3n) is 3.29. The quantitative estimate of drug-likeness (QED) is 0.465. The van der Waals surface area contributed by atoms with Crippen molar-refractivity contribution in [3.63, 3.8) is 0 Å². The number of rotatable bonds is 2. The SMILES string of the molecule is CC.CC.CC.Cc1ccc(-c2ccccc2)cc1-c1ccccn1. The molecule has 0 saturated carbocycles. The molecule has 0 fully saturated rings. The number of aryl methyl sites for hydroxylation is 1. The minimum absolute atomic E-state index is 1.03. The lowest BCUT2D eigenvalue weighted by Crippen LogP contribution is -1.88. The molecule has 0 spiro atoms. The molecule has 0 radical (unpaired) electrons. The van der Waals surface area contributed by atoms with Gasteiger partial charge in [-0.2, -0.15) is 0 Å². The van der Waals surface area contributed by atoms with E-state index in [9.17, 15) is 0 Å². The van der Waals surface area contributed by atoms with Gasteiger partial charge in [0, 0.05) is 11.8 Å². The summed E-state index contributed by atoms with van der Waals surface area (Å²) in [6.45, 7) is 14.1. The summed E-state index contributed by atoms with van der Waals surface area (Å²) in [7, 11) is 0. The van der Waals surface area contributed by atoms with Crippen LogP contribution in [0.3, 0.4) is 0 Å². The smallest absolute Gasteiger partial charge is 0.0704 e. The van der Waals surface area contributed by atoms with Gasteiger partial charge >= 0.3 is 0 Å². The Morgan fingerprint density at radius 2 is 1.20 bits per heavy atom. The molecule has 0 aliphatic heterocycles. The molecular formula is C24H33N. The number of hydrogen-bond donors (Lipinski definition) is 0. The Bertz CT molecular complexity index is 673. The third-order valence-corrected chi connectivity index (χ3v) is 3.29. The van der Waals surface area contributed by atoms with Gasteiger partial charge in [-0.25, -0.2) is 0 Å². The van der Waals surface area contributed by atoms with Crippen LogP contribution in [-0.4, -0.2) is 4.98 Å². The van der Waals surface area contributed by atoms with Crippen LogP contribution in [-0.2, 0) is 0 Å². The van der Waals surface area contributed by atoms with E-state index < -0.39 is 0 Å². The molecule has 0 bridgehead atoms. The van der Waals surface area contributed by atoms with E-state index in [1.165, 1.54) is 22.3 Å². The molecule has 1 nitrogen and oxygen atoms in total. The van der Waals surface area contributed by atoms with E-state index in [0.717, 1.165) is 5.69 Å². The number of hydrogen-bond acceptors (Lipinski definition) is 1. The molecule has 0 aliphatic rings. The number of aromatic nitrogens is 1. The minimum Gasteiger partial charge on any atom is -0.256 e. The fraction of sp³-hybridized carbons (Fsp3) is 0.292. The van der Waals surface area contributed by atoms with Crippen LogP contribution in [0.4, 0.5) is 0 Å². The van der Waals surface area contributed by atoms with Crippen LogP contribution in [0.15, 0.2) is 72.9 Å². The summed E-state index contributed by atoms with van der Waals surface area (Å²) in [6, 6.07) is 23.0. The largest absolute Gasteiger partial charge is 0.256 e. The average molecular weight is 336 g/mol. The molecule has 1 heterocycles. The van der Waals surface area contributed by atoms with Crippen LogP contribution in [0.2, 0.25) is 0 Å². The second-order valence-corrected chi connectivity index (χ2v) is 4.61. The van der Waals surface area contributed by atoms with Crippen LogP contribution < -0.4 is 0 Å². The van der Waals surface area contributed by atoms with E-state index >= 15 is 0 Å². The maximum Gasteiger partial charge on any atom is 0.0704 e. The topological polar surface area (TPSA) is 12.9 Å². The molecule has 134 valence electrons. The van der Waals surface area contributed by atoms with Crippen molar-refractivity contribution in [2.24, 2.45) is 0 Å². The Hall–Kier alpha value is -2.41. The summed E-state index contributed by atoms with van der Waals surface area (Å²) in [4.78, 5) is 4.44. The summed E-state index contributed by atoms with van der Waals surface area (Å²) < 4.78 is 0. The van der Waals surface area contributed by atoms with Gasteiger partial charge in [0.25, 0.3) is 0 Å². The molecule has 3 aromatic rings. The van der Waals surface area contributed by atoms with Crippen LogP contribution in [0, 0.1) is 6.92 Å². The standard InChI is InChI=1S/C18H15N.3C2H6/c1-14-10-11-16(15-7-3-2-4-8-15)13-17(14)18-9-5-6-12-19-18;3*1-2/h2-13H,1H3;3*1-2H3. The van der Waals surface area contributed by atoms with E-state index in [1.807, 2.05) is 65.9 Å². The van der Waals surface area contributed by atoms with Gasteiger partial charge in [0.15, 0.2) is 0 Å². The van der Waals surface area contributed by atoms with Gasteiger partial charge in [0.1, 0.15) is 0 Å². The fourth-order valence-corrected chi connectivity index (χ4v) is 2.23. The number of pyridine rings is 1. The second-order valence-electron chi connectivity index (χ2n) is 4.61. The minimum atomic E-state index is 1.03. The van der Waals surface area contributed by atoms with Gasteiger partial charge in [-0.15, -0.1) is 0 Å². The van der Waals surface area contributed by atoms with Gasteiger partial charge in [0.05, 0.1) is 5.69 Å². The fourth-order valence-electron chi connectivity index (χ4n) is 2.23. The molecule has 0 saturated heterocycles. The summed E-state index contributed by atoms with van der Waals surface area (Å²) in [5.74, 6) is 0. The van der Waals surface area contributed by atoms with E-state index in [4.69, 9.17) is 0 Å². The molecule has 0 N–H and O–H groups in total. The van der Waals surface area contributed by atoms with Crippen LogP contribution >= 0.6 is 0 Å². The molecule has 1 heteroatoms. The Morgan fingerprint density at radius 1 is 0.600 bits per heavy atom. The summed E-state index contributed by atoms with van der Waals surface area (Å²) in [5, 5.41) is 0. The molecule has 0 atom stereocenters. The molecule has 0 amide bonds. The molecule has 0 aliphatic carbocycles. The molecular weight excluding hydrogens is 302 g/mol. The van der Waals surface area contributed by atoms with E-state index in [1.54, 1.807) is 0 Å². The molecule has 2 aromatic carbocycles. The maximum absolute atomic E-state index is 4.44. The van der Waals surface area contributed by atoms with Gasteiger partial charge < -0.3 is 0 Å². The first-order chi connectivity index (χ1) is 12.3. The highest BCUT2D eigenvalue weighted by atomic mass is 14.7. The molecule has 0 unspecified atom stereocenters. The second kappa shape index (κ2) is 14.0. The van der Waals surface area contributed by atoms with E-state index in [-0.39, 0.29) is 0 Å². The van der Waals surface area contributed by atoms with Crippen LogP contribution in [0.25, 0.3) is 22.4 Å². The lowest BCUT2D eigenvalue weighted by atomic mass is 9.98. The first-order valence-corrected chi connectivity index (χ1v) is 9.42. The predicted molar refractivity (Wildman–Crippen MR) is 114 cm³/mol.